The first kappa shape index (κ1) is 17.0. The third-order valence-electron chi connectivity index (χ3n) is 2.66. The zero-order chi connectivity index (χ0) is 16.0. The van der Waals surface area contributed by atoms with Crippen molar-refractivity contribution in [2.24, 2.45) is 5.73 Å². The first-order valence-electron chi connectivity index (χ1n) is 6.62. The fourth-order valence-corrected chi connectivity index (χ4v) is 1.75. The number of nitrogens with two attached hydrogens (primary N) is 1. The lowest BCUT2D eigenvalue weighted by Gasteiger charge is -2.26. The summed E-state index contributed by atoms with van der Waals surface area (Å²) in [5.74, 6) is -0.611. The molecule has 0 radical (unpaired) electrons. The average Bonchev–Trinajstić information content (AvgIpc) is 2.42. The van der Waals surface area contributed by atoms with Gasteiger partial charge in [-0.2, -0.15) is 0 Å². The summed E-state index contributed by atoms with van der Waals surface area (Å²) in [7, 11) is 1.25. The van der Waals surface area contributed by atoms with Gasteiger partial charge in [-0.1, -0.05) is 30.3 Å². The number of alkyl carbamates (subject to hydrolysis) is 1. The molecule has 1 rings (SSSR count). The zero-order valence-corrected chi connectivity index (χ0v) is 12.8. The summed E-state index contributed by atoms with van der Waals surface area (Å²) < 4.78 is 9.84. The van der Waals surface area contributed by atoms with E-state index >= 15 is 0 Å². The number of benzene rings is 1. The second-order valence-corrected chi connectivity index (χ2v) is 5.58. The molecule has 2 unspecified atom stereocenters. The molecule has 21 heavy (non-hydrogen) atoms. The molecule has 1 amide bonds. The third-order valence-corrected chi connectivity index (χ3v) is 2.66. The molecule has 1 aromatic rings. The van der Waals surface area contributed by atoms with E-state index in [9.17, 15) is 9.59 Å². The van der Waals surface area contributed by atoms with Crippen LogP contribution in [-0.4, -0.2) is 30.8 Å². The van der Waals surface area contributed by atoms with Gasteiger partial charge >= 0.3 is 12.1 Å². The molecule has 3 N–H and O–H groups in total. The number of amides is 1. The van der Waals surface area contributed by atoms with E-state index < -0.39 is 29.7 Å². The summed E-state index contributed by atoms with van der Waals surface area (Å²) in [5, 5.41) is 2.62. The van der Waals surface area contributed by atoms with Gasteiger partial charge in [-0.05, 0) is 26.3 Å². The molecule has 1 aromatic carbocycles. The summed E-state index contributed by atoms with van der Waals surface area (Å²) in [6.45, 7) is 5.26. The Bertz CT molecular complexity index is 482. The Hall–Kier alpha value is -2.08. The summed E-state index contributed by atoms with van der Waals surface area (Å²) >= 11 is 0. The van der Waals surface area contributed by atoms with Gasteiger partial charge in [0.25, 0.3) is 0 Å². The van der Waals surface area contributed by atoms with Crippen LogP contribution in [-0.2, 0) is 14.3 Å². The van der Waals surface area contributed by atoms with E-state index in [2.05, 4.69) is 10.1 Å². The van der Waals surface area contributed by atoms with Gasteiger partial charge < -0.3 is 20.5 Å². The highest BCUT2D eigenvalue weighted by Crippen LogP contribution is 2.18. The van der Waals surface area contributed by atoms with Gasteiger partial charge in [-0.25, -0.2) is 4.79 Å². The molecule has 0 fully saturated rings. The number of ether oxygens (including phenoxy) is 2. The molecule has 0 aliphatic rings. The SMILES string of the molecule is COC(=O)C(N)C(NC(=O)OC(C)(C)C)c1ccccc1. The number of nitrogens with one attached hydrogen (secondary N) is 1. The molecule has 0 saturated heterocycles. The molecule has 0 heterocycles. The van der Waals surface area contributed by atoms with Gasteiger partial charge in [0, 0.05) is 0 Å². The Kier molecular flexibility index (Phi) is 5.72. The van der Waals surface area contributed by atoms with E-state index in [0.29, 0.717) is 5.56 Å². The standard InChI is InChI=1S/C15H22N2O4/c1-15(2,3)21-14(19)17-12(11(16)13(18)20-4)10-8-6-5-7-9-10/h5-9,11-12H,16H2,1-4H3,(H,17,19). The van der Waals surface area contributed by atoms with E-state index in [1.165, 1.54) is 7.11 Å². The molecular formula is C15H22N2O4. The van der Waals surface area contributed by atoms with Crippen LogP contribution in [0.2, 0.25) is 0 Å². The largest absolute Gasteiger partial charge is 0.468 e. The van der Waals surface area contributed by atoms with Crippen LogP contribution in [0.15, 0.2) is 30.3 Å². The Morgan fingerprint density at radius 1 is 1.19 bits per heavy atom. The van der Waals surface area contributed by atoms with Gasteiger partial charge in [0.2, 0.25) is 0 Å². The predicted molar refractivity (Wildman–Crippen MR) is 78.5 cm³/mol. The number of hydrogen-bond acceptors (Lipinski definition) is 5. The second kappa shape index (κ2) is 7.08. The van der Waals surface area contributed by atoms with Crippen LogP contribution < -0.4 is 11.1 Å². The number of esters is 1. The lowest BCUT2D eigenvalue weighted by molar-refractivity contribution is -0.142. The van der Waals surface area contributed by atoms with Crippen molar-refractivity contribution in [3.05, 3.63) is 35.9 Å². The predicted octanol–water partition coefficient (Wildman–Crippen LogP) is 1.75. The average molecular weight is 294 g/mol. The topological polar surface area (TPSA) is 90.6 Å². The molecule has 0 bridgehead atoms. The second-order valence-electron chi connectivity index (χ2n) is 5.58. The maximum absolute atomic E-state index is 11.9. The highest BCUT2D eigenvalue weighted by molar-refractivity contribution is 5.78. The molecule has 116 valence electrons. The van der Waals surface area contributed by atoms with E-state index in [1.54, 1.807) is 45.0 Å². The number of carbonyl (C=O) groups is 2. The van der Waals surface area contributed by atoms with Crippen molar-refractivity contribution in [1.82, 2.24) is 5.32 Å². The van der Waals surface area contributed by atoms with Crippen LogP contribution >= 0.6 is 0 Å². The summed E-state index contributed by atoms with van der Waals surface area (Å²) in [6.07, 6.45) is -0.643. The third kappa shape index (κ3) is 5.43. The van der Waals surface area contributed by atoms with Crippen LogP contribution in [0.3, 0.4) is 0 Å². The van der Waals surface area contributed by atoms with Crippen molar-refractivity contribution < 1.29 is 19.1 Å². The number of hydrogen-bond donors (Lipinski definition) is 2. The van der Waals surface area contributed by atoms with Crippen molar-refractivity contribution in [3.63, 3.8) is 0 Å². The highest BCUT2D eigenvalue weighted by atomic mass is 16.6. The van der Waals surface area contributed by atoms with Gasteiger partial charge in [0.15, 0.2) is 0 Å². The summed E-state index contributed by atoms with van der Waals surface area (Å²) in [4.78, 5) is 23.6. The van der Waals surface area contributed by atoms with Crippen molar-refractivity contribution in [1.29, 1.82) is 0 Å². The van der Waals surface area contributed by atoms with Crippen LogP contribution in [0.1, 0.15) is 32.4 Å². The van der Waals surface area contributed by atoms with Gasteiger partial charge in [-0.3, -0.25) is 4.79 Å². The van der Waals surface area contributed by atoms with Crippen LogP contribution in [0.5, 0.6) is 0 Å². The smallest absolute Gasteiger partial charge is 0.408 e. The lowest BCUT2D eigenvalue weighted by atomic mass is 10.00. The number of carbonyl (C=O) groups excluding carboxylic acids is 2. The first-order chi connectivity index (χ1) is 9.74. The van der Waals surface area contributed by atoms with E-state index in [0.717, 1.165) is 0 Å². The molecule has 0 spiro atoms. The number of methoxy groups -OCH3 is 1. The zero-order valence-electron chi connectivity index (χ0n) is 12.8. The maximum Gasteiger partial charge on any atom is 0.408 e. The molecule has 0 aromatic heterocycles. The van der Waals surface area contributed by atoms with Crippen LogP contribution in [0.4, 0.5) is 4.79 Å². The minimum Gasteiger partial charge on any atom is -0.468 e. The van der Waals surface area contributed by atoms with Gasteiger partial charge in [0.05, 0.1) is 13.2 Å². The normalized spacial score (nSPS) is 14.0. The van der Waals surface area contributed by atoms with E-state index in [-0.39, 0.29) is 0 Å². The minimum atomic E-state index is -1.02. The van der Waals surface area contributed by atoms with E-state index in [1.807, 2.05) is 6.07 Å². The van der Waals surface area contributed by atoms with E-state index in [4.69, 9.17) is 10.5 Å². The highest BCUT2D eigenvalue weighted by Gasteiger charge is 2.30. The first-order valence-corrected chi connectivity index (χ1v) is 6.62. The maximum atomic E-state index is 11.9. The van der Waals surface area contributed by atoms with Crippen molar-refractivity contribution >= 4 is 12.1 Å². The molecule has 0 saturated carbocycles. The van der Waals surface area contributed by atoms with Gasteiger partial charge in [0.1, 0.15) is 11.6 Å². The monoisotopic (exact) mass is 294 g/mol. The molecular weight excluding hydrogens is 272 g/mol. The molecule has 0 aliphatic carbocycles. The minimum absolute atomic E-state index is 0.611. The number of rotatable bonds is 4. The fraction of sp³-hybridized carbons (Fsp3) is 0.467. The fourth-order valence-electron chi connectivity index (χ4n) is 1.75. The summed E-state index contributed by atoms with van der Waals surface area (Å²) in [5.41, 5.74) is 5.93. The Morgan fingerprint density at radius 2 is 1.76 bits per heavy atom. The lowest BCUT2D eigenvalue weighted by Crippen LogP contribution is -2.47. The quantitative estimate of drug-likeness (QED) is 0.826. The van der Waals surface area contributed by atoms with Gasteiger partial charge in [-0.15, -0.1) is 0 Å². The Morgan fingerprint density at radius 3 is 2.24 bits per heavy atom. The summed E-state index contributed by atoms with van der Waals surface area (Å²) in [6, 6.07) is 7.21. The van der Waals surface area contributed by atoms with Crippen LogP contribution in [0.25, 0.3) is 0 Å². The Balaban J connectivity index is 2.93. The van der Waals surface area contributed by atoms with Crippen molar-refractivity contribution in [2.75, 3.05) is 7.11 Å². The molecule has 6 heteroatoms. The van der Waals surface area contributed by atoms with Crippen molar-refractivity contribution in [2.45, 2.75) is 38.5 Å². The molecule has 2 atom stereocenters. The Labute approximate surface area is 124 Å². The molecule has 0 aliphatic heterocycles. The molecule has 6 nitrogen and oxygen atoms in total. The van der Waals surface area contributed by atoms with Crippen LogP contribution in [0, 0.1) is 0 Å². The van der Waals surface area contributed by atoms with Crippen molar-refractivity contribution in [3.8, 4) is 0 Å².